The van der Waals surface area contributed by atoms with Gasteiger partial charge in [-0.05, 0) is 23.9 Å². The zero-order valence-electron chi connectivity index (χ0n) is 12.3. The van der Waals surface area contributed by atoms with E-state index >= 15 is 0 Å². The topological polar surface area (TPSA) is 114 Å². The van der Waals surface area contributed by atoms with Crippen LogP contribution in [0.1, 0.15) is 16.8 Å². The number of rotatable bonds is 5. The number of tetrazole rings is 1. The number of carbonyl (C=O) groups excluding carboxylic acids is 1. The number of nitrogens with zero attached hydrogens (tertiary/aromatic N) is 6. The van der Waals surface area contributed by atoms with Crippen molar-refractivity contribution in [2.24, 2.45) is 0 Å². The van der Waals surface area contributed by atoms with Crippen molar-refractivity contribution in [3.63, 3.8) is 0 Å². The van der Waals surface area contributed by atoms with Crippen LogP contribution in [0.15, 0.2) is 12.5 Å². The van der Waals surface area contributed by atoms with Crippen molar-refractivity contribution >= 4 is 5.91 Å². The number of hydrogen-bond acceptors (Lipinski definition) is 7. The molecule has 118 valence electrons. The first kappa shape index (κ1) is 14.6. The van der Waals surface area contributed by atoms with Gasteiger partial charge in [0.25, 0.3) is 5.91 Å². The minimum atomic E-state index is -0.219. The first-order valence-corrected chi connectivity index (χ1v) is 7.09. The smallest absolute Gasteiger partial charge is 0.256 e. The molecule has 0 saturated carbocycles. The number of ether oxygens (including phenoxy) is 1. The van der Waals surface area contributed by atoms with Gasteiger partial charge in [-0.2, -0.15) is 9.78 Å². The van der Waals surface area contributed by atoms with Gasteiger partial charge in [-0.15, -0.1) is 5.10 Å². The van der Waals surface area contributed by atoms with Crippen LogP contribution in [0.4, 0.5) is 0 Å². The fourth-order valence-corrected chi connectivity index (χ4v) is 2.37. The molecule has 1 unspecified atom stereocenters. The molecule has 3 rings (SSSR count). The minimum Gasteiger partial charge on any atom is -0.375 e. The average Bonchev–Trinajstić information content (AvgIpc) is 3.18. The van der Waals surface area contributed by atoms with Gasteiger partial charge >= 0.3 is 0 Å². The van der Waals surface area contributed by atoms with Crippen molar-refractivity contribution < 1.29 is 9.53 Å². The standard InChI is InChI=1S/C12H18N8O2/c1-19-4-5-22-9(7-19)2-3-13-12(21)10-6-14-16-11(10)20-8-15-17-18-20/h6,8-9H,2-5,7H2,1H3,(H,13,21)(H,14,16). The van der Waals surface area contributed by atoms with Gasteiger partial charge < -0.3 is 15.0 Å². The number of carbonyl (C=O) groups is 1. The Morgan fingerprint density at radius 3 is 3.27 bits per heavy atom. The lowest BCUT2D eigenvalue weighted by molar-refractivity contribution is -0.0225. The molecule has 1 fully saturated rings. The van der Waals surface area contributed by atoms with Gasteiger partial charge in [0.15, 0.2) is 5.82 Å². The Bertz CT molecular complexity index is 610. The number of likely N-dealkylation sites (N-methyl/N-ethyl adjacent to an activating group) is 1. The summed E-state index contributed by atoms with van der Waals surface area (Å²) in [7, 11) is 2.07. The Morgan fingerprint density at radius 2 is 2.50 bits per heavy atom. The quantitative estimate of drug-likeness (QED) is 0.716. The lowest BCUT2D eigenvalue weighted by Crippen LogP contribution is -2.41. The second-order valence-corrected chi connectivity index (χ2v) is 5.19. The normalized spacial score (nSPS) is 19.2. The van der Waals surface area contributed by atoms with Crippen LogP contribution >= 0.6 is 0 Å². The Labute approximate surface area is 126 Å². The highest BCUT2D eigenvalue weighted by Gasteiger charge is 2.19. The Hall–Kier alpha value is -2.33. The highest BCUT2D eigenvalue weighted by molar-refractivity contribution is 5.96. The lowest BCUT2D eigenvalue weighted by Gasteiger charge is -2.30. The van der Waals surface area contributed by atoms with Crippen molar-refractivity contribution in [2.45, 2.75) is 12.5 Å². The number of H-pyrrole nitrogens is 1. The van der Waals surface area contributed by atoms with Gasteiger partial charge in [0.05, 0.1) is 18.9 Å². The van der Waals surface area contributed by atoms with Crippen LogP contribution in [0.2, 0.25) is 0 Å². The second-order valence-electron chi connectivity index (χ2n) is 5.19. The summed E-state index contributed by atoms with van der Waals surface area (Å²) < 4.78 is 7.02. The SMILES string of the molecule is CN1CCOC(CCNC(=O)c2cn[nH]c2-n2cnnn2)C1. The van der Waals surface area contributed by atoms with E-state index in [1.807, 2.05) is 0 Å². The number of hydrogen-bond donors (Lipinski definition) is 2. The van der Waals surface area contributed by atoms with Crippen molar-refractivity contribution in [3.05, 3.63) is 18.1 Å². The number of morpholine rings is 1. The third-order valence-electron chi connectivity index (χ3n) is 3.54. The van der Waals surface area contributed by atoms with Gasteiger partial charge in [0, 0.05) is 19.6 Å². The van der Waals surface area contributed by atoms with Crippen LogP contribution in [-0.4, -0.2) is 80.6 Å². The highest BCUT2D eigenvalue weighted by Crippen LogP contribution is 2.09. The van der Waals surface area contributed by atoms with E-state index in [9.17, 15) is 4.79 Å². The van der Waals surface area contributed by atoms with Crippen molar-refractivity contribution in [2.75, 3.05) is 33.3 Å². The molecule has 2 aromatic rings. The molecule has 0 radical (unpaired) electrons. The summed E-state index contributed by atoms with van der Waals surface area (Å²) in [6.07, 6.45) is 3.78. The molecule has 3 heterocycles. The molecular formula is C12H18N8O2. The fourth-order valence-electron chi connectivity index (χ4n) is 2.37. The Balaban J connectivity index is 1.53. The molecule has 1 aliphatic heterocycles. The summed E-state index contributed by atoms with van der Waals surface area (Å²) in [5.41, 5.74) is 0.397. The van der Waals surface area contributed by atoms with Gasteiger partial charge in [0.2, 0.25) is 0 Å². The van der Waals surface area contributed by atoms with E-state index in [4.69, 9.17) is 4.74 Å². The molecule has 2 aromatic heterocycles. The molecule has 10 nitrogen and oxygen atoms in total. The van der Waals surface area contributed by atoms with Crippen LogP contribution in [0, 0.1) is 0 Å². The molecule has 22 heavy (non-hydrogen) atoms. The zero-order valence-corrected chi connectivity index (χ0v) is 12.3. The molecule has 1 atom stereocenters. The summed E-state index contributed by atoms with van der Waals surface area (Å²) in [4.78, 5) is 14.4. The second kappa shape index (κ2) is 6.62. The number of aromatic nitrogens is 6. The van der Waals surface area contributed by atoms with E-state index in [-0.39, 0.29) is 12.0 Å². The molecule has 1 amide bonds. The van der Waals surface area contributed by atoms with Crippen molar-refractivity contribution in [1.29, 1.82) is 0 Å². The van der Waals surface area contributed by atoms with Gasteiger partial charge in [-0.25, -0.2) is 0 Å². The van der Waals surface area contributed by atoms with Crippen molar-refractivity contribution in [1.82, 2.24) is 40.6 Å². The number of aromatic amines is 1. The number of amides is 1. The van der Waals surface area contributed by atoms with Gasteiger partial charge in [-0.1, -0.05) is 0 Å². The predicted molar refractivity (Wildman–Crippen MR) is 75.5 cm³/mol. The third-order valence-corrected chi connectivity index (χ3v) is 3.54. The molecule has 0 bridgehead atoms. The van der Waals surface area contributed by atoms with E-state index in [0.717, 1.165) is 26.1 Å². The Kier molecular flexibility index (Phi) is 4.39. The highest BCUT2D eigenvalue weighted by atomic mass is 16.5. The first-order chi connectivity index (χ1) is 10.7. The molecular weight excluding hydrogens is 288 g/mol. The maximum Gasteiger partial charge on any atom is 0.256 e. The van der Waals surface area contributed by atoms with Crippen LogP contribution in [0.5, 0.6) is 0 Å². The molecule has 10 heteroatoms. The Morgan fingerprint density at radius 1 is 1.59 bits per heavy atom. The summed E-state index contributed by atoms with van der Waals surface area (Å²) in [6, 6.07) is 0. The summed E-state index contributed by atoms with van der Waals surface area (Å²) in [5.74, 6) is 0.222. The van der Waals surface area contributed by atoms with E-state index in [2.05, 4.69) is 43.0 Å². The third kappa shape index (κ3) is 3.28. The molecule has 0 spiro atoms. The summed E-state index contributed by atoms with van der Waals surface area (Å²) >= 11 is 0. The summed E-state index contributed by atoms with van der Waals surface area (Å²) in [5, 5.41) is 20.3. The maximum atomic E-state index is 12.2. The average molecular weight is 306 g/mol. The number of nitrogens with one attached hydrogen (secondary N) is 2. The van der Waals surface area contributed by atoms with Crippen LogP contribution in [0.25, 0.3) is 5.82 Å². The predicted octanol–water partition coefficient (Wildman–Crippen LogP) is -1.16. The van der Waals surface area contributed by atoms with E-state index in [1.165, 1.54) is 17.2 Å². The largest absolute Gasteiger partial charge is 0.375 e. The van der Waals surface area contributed by atoms with Gasteiger partial charge in [-0.3, -0.25) is 9.89 Å². The van der Waals surface area contributed by atoms with E-state index in [1.54, 1.807) is 0 Å². The van der Waals surface area contributed by atoms with Gasteiger partial charge in [0.1, 0.15) is 11.9 Å². The fraction of sp³-hybridized carbons (Fsp3) is 0.583. The molecule has 2 N–H and O–H groups in total. The van der Waals surface area contributed by atoms with E-state index < -0.39 is 0 Å². The van der Waals surface area contributed by atoms with Crippen LogP contribution < -0.4 is 5.32 Å². The minimum absolute atomic E-state index is 0.155. The molecule has 0 aromatic carbocycles. The monoisotopic (exact) mass is 306 g/mol. The van der Waals surface area contributed by atoms with E-state index in [0.29, 0.717) is 17.9 Å². The lowest BCUT2D eigenvalue weighted by atomic mass is 10.2. The maximum absolute atomic E-state index is 12.2. The van der Waals surface area contributed by atoms with Crippen LogP contribution in [0.3, 0.4) is 0 Å². The molecule has 1 aliphatic rings. The van der Waals surface area contributed by atoms with Crippen LogP contribution in [-0.2, 0) is 4.74 Å². The molecule has 0 aliphatic carbocycles. The summed E-state index contributed by atoms with van der Waals surface area (Å²) in [6.45, 7) is 3.11. The molecule has 1 saturated heterocycles. The zero-order chi connectivity index (χ0) is 15.4. The first-order valence-electron chi connectivity index (χ1n) is 7.09. The van der Waals surface area contributed by atoms with Crippen molar-refractivity contribution in [3.8, 4) is 5.82 Å².